The number of benzene rings is 2. The lowest BCUT2D eigenvalue weighted by Gasteiger charge is -2.18. The Morgan fingerprint density at radius 2 is 1.81 bits per heavy atom. The van der Waals surface area contributed by atoms with Crippen LogP contribution in [0.1, 0.15) is 22.8 Å². The van der Waals surface area contributed by atoms with E-state index in [2.05, 4.69) is 0 Å². The van der Waals surface area contributed by atoms with E-state index in [4.69, 9.17) is 9.47 Å². The van der Waals surface area contributed by atoms with Gasteiger partial charge in [0.25, 0.3) is 0 Å². The van der Waals surface area contributed by atoms with Crippen LogP contribution < -0.4 is 4.74 Å². The number of hydrogen-bond acceptors (Lipinski definition) is 5. The number of hydrogen-bond donors (Lipinski definition) is 0. The summed E-state index contributed by atoms with van der Waals surface area (Å²) in [6.07, 6.45) is 0. The molecule has 0 unspecified atom stereocenters. The van der Waals surface area contributed by atoms with Gasteiger partial charge in [0.2, 0.25) is 10.0 Å². The zero-order chi connectivity index (χ0) is 19.3. The number of methoxy groups -OCH3 is 1. The monoisotopic (exact) mass is 381 g/mol. The van der Waals surface area contributed by atoms with Crippen molar-refractivity contribution in [3.8, 4) is 5.75 Å². The van der Waals surface area contributed by atoms with E-state index >= 15 is 0 Å². The first-order valence-electron chi connectivity index (χ1n) is 7.85. The zero-order valence-electron chi connectivity index (χ0n) is 14.7. The molecule has 0 bridgehead atoms. The molecule has 0 atom stereocenters. The van der Waals surface area contributed by atoms with Crippen LogP contribution in [-0.4, -0.2) is 39.5 Å². The van der Waals surface area contributed by atoms with Gasteiger partial charge in [-0.05, 0) is 48.9 Å². The summed E-state index contributed by atoms with van der Waals surface area (Å²) < 4.78 is 49.9. The predicted octanol–water partition coefficient (Wildman–Crippen LogP) is 2.83. The molecule has 2 aromatic carbocycles. The molecule has 0 heterocycles. The van der Waals surface area contributed by atoms with Gasteiger partial charge in [0.1, 0.15) is 0 Å². The Kier molecular flexibility index (Phi) is 6.33. The van der Waals surface area contributed by atoms with Crippen molar-refractivity contribution in [2.24, 2.45) is 0 Å². The van der Waals surface area contributed by atoms with E-state index in [1.165, 1.54) is 50.6 Å². The molecular weight excluding hydrogens is 361 g/mol. The van der Waals surface area contributed by atoms with Crippen molar-refractivity contribution in [1.82, 2.24) is 4.31 Å². The van der Waals surface area contributed by atoms with Gasteiger partial charge in [0.15, 0.2) is 11.6 Å². The van der Waals surface area contributed by atoms with Gasteiger partial charge in [-0.2, -0.15) is 4.31 Å². The smallest absolute Gasteiger partial charge is 0.338 e. The van der Waals surface area contributed by atoms with Gasteiger partial charge < -0.3 is 9.47 Å². The number of rotatable bonds is 7. The van der Waals surface area contributed by atoms with E-state index in [1.54, 1.807) is 13.0 Å². The molecule has 0 amide bonds. The van der Waals surface area contributed by atoms with E-state index in [1.807, 2.05) is 0 Å². The quantitative estimate of drug-likeness (QED) is 0.690. The Morgan fingerprint density at radius 1 is 1.15 bits per heavy atom. The molecule has 0 saturated carbocycles. The molecule has 0 aromatic heterocycles. The van der Waals surface area contributed by atoms with Gasteiger partial charge in [-0.1, -0.05) is 6.07 Å². The number of esters is 1. The van der Waals surface area contributed by atoms with Crippen molar-refractivity contribution in [1.29, 1.82) is 0 Å². The molecule has 0 saturated heterocycles. The van der Waals surface area contributed by atoms with Crippen molar-refractivity contribution in [2.75, 3.05) is 20.8 Å². The lowest BCUT2D eigenvalue weighted by atomic mass is 10.2. The Labute approximate surface area is 152 Å². The summed E-state index contributed by atoms with van der Waals surface area (Å²) in [6, 6.07) is 9.74. The van der Waals surface area contributed by atoms with Crippen molar-refractivity contribution in [3.63, 3.8) is 0 Å². The Balaban J connectivity index is 2.18. The van der Waals surface area contributed by atoms with Gasteiger partial charge in [0, 0.05) is 13.6 Å². The standard InChI is InChI=1S/C18H20FNO5S/c1-4-25-18(21)14-6-8-15(9-7-14)26(22,23)20(2)12-13-5-10-17(24-3)16(19)11-13/h5-11H,4,12H2,1-3H3. The topological polar surface area (TPSA) is 72.9 Å². The second-order valence-electron chi connectivity index (χ2n) is 5.47. The van der Waals surface area contributed by atoms with E-state index < -0.39 is 21.8 Å². The summed E-state index contributed by atoms with van der Waals surface area (Å²) in [6.45, 7) is 1.91. The van der Waals surface area contributed by atoms with Crippen LogP contribution in [0.4, 0.5) is 4.39 Å². The first-order valence-corrected chi connectivity index (χ1v) is 9.29. The average Bonchev–Trinajstić information content (AvgIpc) is 2.62. The summed E-state index contributed by atoms with van der Waals surface area (Å²) in [5.74, 6) is -0.984. The predicted molar refractivity (Wildman–Crippen MR) is 94.0 cm³/mol. The highest BCUT2D eigenvalue weighted by molar-refractivity contribution is 7.89. The van der Waals surface area contributed by atoms with E-state index in [0.717, 1.165) is 4.31 Å². The van der Waals surface area contributed by atoms with Gasteiger partial charge in [-0.15, -0.1) is 0 Å². The van der Waals surface area contributed by atoms with E-state index in [-0.39, 0.29) is 29.4 Å². The highest BCUT2D eigenvalue weighted by Gasteiger charge is 2.22. The summed E-state index contributed by atoms with van der Waals surface area (Å²) >= 11 is 0. The highest BCUT2D eigenvalue weighted by atomic mass is 32.2. The summed E-state index contributed by atoms with van der Waals surface area (Å²) in [5.41, 5.74) is 0.753. The third-order valence-electron chi connectivity index (χ3n) is 3.70. The number of carbonyl (C=O) groups is 1. The lowest BCUT2D eigenvalue weighted by Crippen LogP contribution is -2.26. The third-order valence-corrected chi connectivity index (χ3v) is 5.51. The minimum Gasteiger partial charge on any atom is -0.494 e. The summed E-state index contributed by atoms with van der Waals surface area (Å²) in [5, 5.41) is 0. The van der Waals surface area contributed by atoms with E-state index in [0.29, 0.717) is 5.56 Å². The van der Waals surface area contributed by atoms with Crippen LogP contribution >= 0.6 is 0 Å². The van der Waals surface area contributed by atoms with Crippen molar-refractivity contribution >= 4 is 16.0 Å². The van der Waals surface area contributed by atoms with Crippen LogP contribution in [0.15, 0.2) is 47.4 Å². The number of halogens is 1. The second kappa shape index (κ2) is 8.29. The number of ether oxygens (including phenoxy) is 2. The molecule has 0 N–H and O–H groups in total. The van der Waals surface area contributed by atoms with Crippen molar-refractivity contribution in [3.05, 3.63) is 59.4 Å². The molecule has 0 spiro atoms. The molecule has 26 heavy (non-hydrogen) atoms. The maximum Gasteiger partial charge on any atom is 0.338 e. The van der Waals surface area contributed by atoms with E-state index in [9.17, 15) is 17.6 Å². The first kappa shape index (κ1) is 19.9. The molecule has 2 aromatic rings. The maximum atomic E-state index is 13.8. The van der Waals surface area contributed by atoms with Crippen LogP contribution in [0.25, 0.3) is 0 Å². The first-order chi connectivity index (χ1) is 12.3. The minimum absolute atomic E-state index is 0.0110. The molecule has 8 heteroatoms. The molecule has 0 aliphatic rings. The minimum atomic E-state index is -3.79. The second-order valence-corrected chi connectivity index (χ2v) is 7.52. The number of nitrogens with zero attached hydrogens (tertiary/aromatic N) is 1. The fourth-order valence-corrected chi connectivity index (χ4v) is 3.47. The normalized spacial score (nSPS) is 11.4. The summed E-state index contributed by atoms with van der Waals surface area (Å²) in [7, 11) is -1.04. The molecular formula is C18H20FNO5S. The van der Waals surface area contributed by atoms with Crippen LogP contribution in [0.3, 0.4) is 0 Å². The van der Waals surface area contributed by atoms with Crippen molar-refractivity contribution < 1.29 is 27.1 Å². The molecule has 2 rings (SSSR count). The van der Waals surface area contributed by atoms with Gasteiger partial charge in [-0.3, -0.25) is 0 Å². The highest BCUT2D eigenvalue weighted by Crippen LogP contribution is 2.21. The van der Waals surface area contributed by atoms with Crippen LogP contribution in [-0.2, 0) is 21.3 Å². The third kappa shape index (κ3) is 4.39. The number of carbonyl (C=O) groups excluding carboxylic acids is 1. The SMILES string of the molecule is CCOC(=O)c1ccc(S(=O)(=O)N(C)Cc2ccc(OC)c(F)c2)cc1. The average molecular weight is 381 g/mol. The van der Waals surface area contributed by atoms with Gasteiger partial charge in [-0.25, -0.2) is 17.6 Å². The molecule has 0 aliphatic carbocycles. The Morgan fingerprint density at radius 3 is 2.35 bits per heavy atom. The molecule has 140 valence electrons. The van der Waals surface area contributed by atoms with Gasteiger partial charge in [0.05, 0.1) is 24.2 Å². The summed E-state index contributed by atoms with van der Waals surface area (Å²) in [4.78, 5) is 11.7. The zero-order valence-corrected chi connectivity index (χ0v) is 15.5. The van der Waals surface area contributed by atoms with Gasteiger partial charge >= 0.3 is 5.97 Å². The van der Waals surface area contributed by atoms with Crippen LogP contribution in [0.2, 0.25) is 0 Å². The molecule has 0 fully saturated rings. The largest absolute Gasteiger partial charge is 0.494 e. The fraction of sp³-hybridized carbons (Fsp3) is 0.278. The van der Waals surface area contributed by atoms with Crippen molar-refractivity contribution in [2.45, 2.75) is 18.4 Å². The lowest BCUT2D eigenvalue weighted by molar-refractivity contribution is 0.0526. The molecule has 0 aliphatic heterocycles. The molecule has 0 radical (unpaired) electrons. The maximum absolute atomic E-state index is 13.8. The Hall–Kier alpha value is -2.45. The molecule has 6 nitrogen and oxygen atoms in total. The van der Waals surface area contributed by atoms with Crippen LogP contribution in [0, 0.1) is 5.82 Å². The number of sulfonamides is 1. The van der Waals surface area contributed by atoms with Crippen LogP contribution in [0.5, 0.6) is 5.75 Å². The Bertz CT molecular complexity index is 881. The fourth-order valence-electron chi connectivity index (χ4n) is 2.31.